The zero-order chi connectivity index (χ0) is 15.0. The number of halogens is 2. The Labute approximate surface area is 128 Å². The monoisotopic (exact) mass is 323 g/mol. The van der Waals surface area contributed by atoms with Crippen LogP contribution in [0.4, 0.5) is 0 Å². The molecule has 3 rings (SSSR count). The number of aromatic carboxylic acids is 1. The van der Waals surface area contributed by atoms with Gasteiger partial charge in [-0.15, -0.1) is 0 Å². The Morgan fingerprint density at radius 2 is 1.95 bits per heavy atom. The lowest BCUT2D eigenvalue weighted by atomic mass is 10.2. The van der Waals surface area contributed by atoms with Gasteiger partial charge in [0.2, 0.25) is 0 Å². The van der Waals surface area contributed by atoms with Gasteiger partial charge in [-0.05, 0) is 30.3 Å². The van der Waals surface area contributed by atoms with Crippen molar-refractivity contribution in [1.29, 1.82) is 0 Å². The third-order valence-corrected chi connectivity index (χ3v) is 3.45. The van der Waals surface area contributed by atoms with Crippen molar-refractivity contribution in [3.8, 4) is 11.8 Å². The molecule has 0 aliphatic rings. The highest BCUT2D eigenvalue weighted by Gasteiger charge is 2.11. The number of hydrogen-bond donors (Lipinski definition) is 1. The topological polar surface area (TPSA) is 72.6 Å². The van der Waals surface area contributed by atoms with E-state index in [0.717, 1.165) is 0 Å². The van der Waals surface area contributed by atoms with Gasteiger partial charge in [-0.25, -0.2) is 4.79 Å². The largest absolute Gasteiger partial charge is 0.478 e. The molecule has 0 amide bonds. The fourth-order valence-electron chi connectivity index (χ4n) is 1.72. The summed E-state index contributed by atoms with van der Waals surface area (Å²) in [5.74, 6) is -0.630. The molecule has 0 bridgehead atoms. The quantitative estimate of drug-likeness (QED) is 0.761. The van der Waals surface area contributed by atoms with Crippen LogP contribution < -0.4 is 4.74 Å². The van der Waals surface area contributed by atoms with Crippen molar-refractivity contribution >= 4 is 40.3 Å². The summed E-state index contributed by atoms with van der Waals surface area (Å²) >= 11 is 11.7. The SMILES string of the molecule is O=C(O)c1ccc2nc(Oc3ccc(Cl)c(Cl)c3)oc2c1. The van der Waals surface area contributed by atoms with Crippen LogP contribution in [0.25, 0.3) is 11.1 Å². The molecule has 5 nitrogen and oxygen atoms in total. The summed E-state index contributed by atoms with van der Waals surface area (Å²) in [6.07, 6.45) is -0.00840. The van der Waals surface area contributed by atoms with Crippen LogP contribution in [0.1, 0.15) is 10.4 Å². The Balaban J connectivity index is 1.93. The minimum atomic E-state index is -1.04. The number of nitrogens with zero attached hydrogens (tertiary/aromatic N) is 1. The van der Waals surface area contributed by atoms with Crippen LogP contribution >= 0.6 is 23.2 Å². The van der Waals surface area contributed by atoms with Crippen molar-refractivity contribution in [2.45, 2.75) is 0 Å². The van der Waals surface area contributed by atoms with Gasteiger partial charge in [-0.3, -0.25) is 0 Å². The normalized spacial score (nSPS) is 10.8. The molecule has 0 aliphatic heterocycles. The van der Waals surface area contributed by atoms with Crippen molar-refractivity contribution in [2.24, 2.45) is 0 Å². The molecule has 3 aromatic rings. The second kappa shape index (κ2) is 5.27. The predicted octanol–water partition coefficient (Wildman–Crippen LogP) is 4.63. The highest BCUT2D eigenvalue weighted by molar-refractivity contribution is 6.42. The van der Waals surface area contributed by atoms with E-state index in [1.54, 1.807) is 18.2 Å². The average molecular weight is 324 g/mol. The number of carboxylic acid groups (broad SMARTS) is 1. The van der Waals surface area contributed by atoms with Gasteiger partial charge in [-0.1, -0.05) is 23.2 Å². The van der Waals surface area contributed by atoms with E-state index in [1.807, 2.05) is 0 Å². The molecule has 21 heavy (non-hydrogen) atoms. The Morgan fingerprint density at radius 3 is 2.67 bits per heavy atom. The molecule has 0 fully saturated rings. The maximum absolute atomic E-state index is 10.9. The van der Waals surface area contributed by atoms with Gasteiger partial charge < -0.3 is 14.3 Å². The molecule has 0 radical (unpaired) electrons. The summed E-state index contributed by atoms with van der Waals surface area (Å²) in [6, 6.07) is 9.10. The standard InChI is InChI=1S/C14H7Cl2NO4/c15-9-3-2-8(6-10(9)16)20-14-17-11-4-1-7(13(18)19)5-12(11)21-14/h1-6H,(H,18,19). The number of oxazole rings is 1. The molecule has 0 spiro atoms. The van der Waals surface area contributed by atoms with E-state index >= 15 is 0 Å². The molecule has 2 aromatic carbocycles. The summed E-state index contributed by atoms with van der Waals surface area (Å²) in [7, 11) is 0. The van der Waals surface area contributed by atoms with E-state index < -0.39 is 5.97 Å². The van der Waals surface area contributed by atoms with Crippen molar-refractivity contribution < 1.29 is 19.1 Å². The minimum Gasteiger partial charge on any atom is -0.478 e. The predicted molar refractivity (Wildman–Crippen MR) is 77.5 cm³/mol. The number of carbonyl (C=O) groups is 1. The highest BCUT2D eigenvalue weighted by atomic mass is 35.5. The summed E-state index contributed by atoms with van der Waals surface area (Å²) in [5.41, 5.74) is 0.930. The van der Waals surface area contributed by atoms with Crippen LogP contribution in [0.5, 0.6) is 11.8 Å². The van der Waals surface area contributed by atoms with Gasteiger partial charge in [-0.2, -0.15) is 4.98 Å². The molecule has 0 saturated carbocycles. The Hall–Kier alpha value is -2.24. The van der Waals surface area contributed by atoms with Crippen LogP contribution in [0.3, 0.4) is 0 Å². The Bertz CT molecular complexity index is 844. The fourth-order valence-corrected chi connectivity index (χ4v) is 2.01. The Morgan fingerprint density at radius 1 is 1.14 bits per heavy atom. The zero-order valence-electron chi connectivity index (χ0n) is 10.3. The van der Waals surface area contributed by atoms with Crippen molar-refractivity contribution in [3.63, 3.8) is 0 Å². The fraction of sp³-hybridized carbons (Fsp3) is 0. The number of carboxylic acids is 1. The molecule has 7 heteroatoms. The molecule has 0 atom stereocenters. The molecule has 1 heterocycles. The molecule has 1 aromatic heterocycles. The maximum atomic E-state index is 10.9. The van der Waals surface area contributed by atoms with Gasteiger partial charge in [0.1, 0.15) is 11.3 Å². The summed E-state index contributed by atoms with van der Waals surface area (Å²) in [6.45, 7) is 0. The minimum absolute atomic E-state index is 0.00840. The lowest BCUT2D eigenvalue weighted by molar-refractivity contribution is 0.0697. The average Bonchev–Trinajstić information content (AvgIpc) is 2.84. The lowest BCUT2D eigenvalue weighted by Crippen LogP contribution is -1.94. The van der Waals surface area contributed by atoms with Crippen LogP contribution in [-0.4, -0.2) is 16.1 Å². The number of benzene rings is 2. The third kappa shape index (κ3) is 2.79. The van der Waals surface area contributed by atoms with E-state index in [1.165, 1.54) is 18.2 Å². The van der Waals surface area contributed by atoms with E-state index in [-0.39, 0.29) is 11.6 Å². The van der Waals surface area contributed by atoms with Gasteiger partial charge in [0, 0.05) is 6.07 Å². The van der Waals surface area contributed by atoms with Crippen molar-refractivity contribution in [3.05, 3.63) is 52.0 Å². The lowest BCUT2D eigenvalue weighted by Gasteiger charge is -2.01. The number of ether oxygens (including phenoxy) is 1. The third-order valence-electron chi connectivity index (χ3n) is 2.71. The number of rotatable bonds is 3. The van der Waals surface area contributed by atoms with Gasteiger partial charge >= 0.3 is 12.0 Å². The second-order valence-corrected chi connectivity index (χ2v) is 4.96. The highest BCUT2D eigenvalue weighted by Crippen LogP contribution is 2.30. The summed E-state index contributed by atoms with van der Waals surface area (Å²) < 4.78 is 10.8. The molecular weight excluding hydrogens is 317 g/mol. The van der Waals surface area contributed by atoms with E-state index in [2.05, 4.69) is 4.98 Å². The van der Waals surface area contributed by atoms with E-state index in [0.29, 0.717) is 26.9 Å². The van der Waals surface area contributed by atoms with Crippen LogP contribution in [-0.2, 0) is 0 Å². The molecule has 0 saturated heterocycles. The molecular formula is C14H7Cl2NO4. The number of aromatic nitrogens is 1. The van der Waals surface area contributed by atoms with Gasteiger partial charge in [0.25, 0.3) is 0 Å². The van der Waals surface area contributed by atoms with Gasteiger partial charge in [0.15, 0.2) is 5.58 Å². The first-order chi connectivity index (χ1) is 10.0. The Kier molecular flexibility index (Phi) is 3.45. The maximum Gasteiger partial charge on any atom is 0.400 e. The molecule has 0 aliphatic carbocycles. The van der Waals surface area contributed by atoms with Crippen molar-refractivity contribution in [2.75, 3.05) is 0 Å². The van der Waals surface area contributed by atoms with Gasteiger partial charge in [0.05, 0.1) is 15.6 Å². The number of fused-ring (bicyclic) bond motifs is 1. The second-order valence-electron chi connectivity index (χ2n) is 4.15. The summed E-state index contributed by atoms with van der Waals surface area (Å²) in [5, 5.41) is 9.68. The van der Waals surface area contributed by atoms with E-state index in [9.17, 15) is 4.79 Å². The number of hydrogen-bond acceptors (Lipinski definition) is 4. The first-order valence-electron chi connectivity index (χ1n) is 5.80. The zero-order valence-corrected chi connectivity index (χ0v) is 11.9. The molecule has 0 unspecified atom stereocenters. The summed E-state index contributed by atoms with van der Waals surface area (Å²) in [4.78, 5) is 15.0. The molecule has 1 N–H and O–H groups in total. The smallest absolute Gasteiger partial charge is 0.400 e. The van der Waals surface area contributed by atoms with Crippen LogP contribution in [0.2, 0.25) is 10.0 Å². The first-order valence-corrected chi connectivity index (χ1v) is 6.55. The molecule has 106 valence electrons. The van der Waals surface area contributed by atoms with E-state index in [4.69, 9.17) is 37.5 Å². The van der Waals surface area contributed by atoms with Crippen LogP contribution in [0.15, 0.2) is 40.8 Å². The van der Waals surface area contributed by atoms with Crippen molar-refractivity contribution in [1.82, 2.24) is 4.98 Å². The first kappa shape index (κ1) is 13.7. The van der Waals surface area contributed by atoms with Crippen LogP contribution in [0, 0.1) is 0 Å².